The van der Waals surface area contributed by atoms with E-state index in [4.69, 9.17) is 4.74 Å². The molecule has 0 spiro atoms. The van der Waals surface area contributed by atoms with Gasteiger partial charge in [0, 0.05) is 44.0 Å². The van der Waals surface area contributed by atoms with Crippen LogP contribution in [0.3, 0.4) is 0 Å². The summed E-state index contributed by atoms with van der Waals surface area (Å²) in [7, 11) is 3.40. The first kappa shape index (κ1) is 58.3. The van der Waals surface area contributed by atoms with Crippen LogP contribution < -0.4 is 42.0 Å². The number of rotatable bonds is 19. The van der Waals surface area contributed by atoms with Gasteiger partial charge in [0.05, 0.1) is 30.3 Å². The molecule has 0 aromatic heterocycles. The first-order chi connectivity index (χ1) is 39.0. The highest BCUT2D eigenvalue weighted by Crippen LogP contribution is 2.34. The lowest BCUT2D eigenvalue weighted by Gasteiger charge is -2.39. The number of hydrogen-bond donors (Lipinski definition) is 7. The predicted molar refractivity (Wildman–Crippen MR) is 313 cm³/mol. The smallest absolute Gasteiger partial charge is 0.251 e. The van der Waals surface area contributed by atoms with Crippen LogP contribution in [0.5, 0.6) is 5.75 Å². The summed E-state index contributed by atoms with van der Waals surface area (Å²) in [5.41, 5.74) is 8.37. The summed E-state index contributed by atoms with van der Waals surface area (Å²) in [6.07, 6.45) is 6.32. The summed E-state index contributed by atoms with van der Waals surface area (Å²) < 4.78 is 6.22. The Kier molecular flexibility index (Phi) is 18.7. The molecule has 4 aliphatic rings. The molecule has 1 fully saturated rings. The molecule has 2 heterocycles. The summed E-state index contributed by atoms with van der Waals surface area (Å²) in [5, 5.41) is 22.3. The van der Waals surface area contributed by atoms with Crippen molar-refractivity contribution in [1.82, 2.24) is 47.0 Å². The SMILES string of the molecule is CN[C@@H](C)C(=O)N[C@@H](Cc1ccc(OCc2ccc(C(=O)N[C@H]3CC(N[C@@H]4CCCc5ccccc54)N(C(=O)[C@@H](NC(=O)[C@H](C)NC)C(C)(C)C)C3)cc2)cc1)C(=O)N1Cc2ccccc2C[C@H]1C(=O)N[C@@H]1CCCc2ccccc21. The van der Waals surface area contributed by atoms with Crippen LogP contribution in [0.2, 0.25) is 0 Å². The van der Waals surface area contributed by atoms with E-state index in [-0.39, 0.29) is 85.9 Å². The van der Waals surface area contributed by atoms with Crippen molar-refractivity contribution in [2.45, 2.75) is 160 Å². The molecule has 428 valence electrons. The Bertz CT molecular complexity index is 3050. The number of likely N-dealkylation sites (N-methyl/N-ethyl adjacent to an activating group) is 2. The van der Waals surface area contributed by atoms with Gasteiger partial charge in [-0.1, -0.05) is 118 Å². The molecule has 81 heavy (non-hydrogen) atoms. The number of aryl methyl sites for hydroxylation is 2. The Morgan fingerprint density at radius 2 is 1.20 bits per heavy atom. The molecule has 2 aliphatic heterocycles. The third kappa shape index (κ3) is 14.0. The first-order valence-corrected chi connectivity index (χ1v) is 28.9. The quantitative estimate of drug-likeness (QED) is 0.0478. The van der Waals surface area contributed by atoms with Crippen LogP contribution in [0.15, 0.2) is 121 Å². The molecule has 9 atom stereocenters. The van der Waals surface area contributed by atoms with E-state index in [1.165, 1.54) is 16.7 Å². The van der Waals surface area contributed by atoms with Crippen molar-refractivity contribution in [3.05, 3.63) is 171 Å². The molecule has 2 aliphatic carbocycles. The normalized spacial score (nSPS) is 21.0. The number of likely N-dealkylation sites (tertiary alicyclic amines) is 1. The van der Waals surface area contributed by atoms with Crippen LogP contribution in [0.4, 0.5) is 0 Å². The van der Waals surface area contributed by atoms with Gasteiger partial charge in [-0.05, 0) is 141 Å². The Balaban J connectivity index is 0.842. The zero-order valence-electron chi connectivity index (χ0n) is 48.0. The first-order valence-electron chi connectivity index (χ1n) is 28.9. The molecule has 16 heteroatoms. The standard InChI is InChI=1S/C65H81N9O7/c1-40(66-6)59(75)71-55(63(79)73-37-48-19-9-8-18-47(48)35-56(73)62(78)70-54-25-15-21-45-17-11-13-23-52(45)54)34-42-28-32-50(33-29-42)81-39-43-26-30-46(31-27-43)61(77)68-49-36-57(69-53-24-14-20-44-16-10-12-22-51(44)53)74(38-49)64(80)58(65(3,4)5)72-60(76)41(2)67-7/h8-13,16-19,22-23,26-33,40-41,49,53-58,66-67,69H,14-15,20-21,24-25,34-39H2,1-7H3,(H,68,77)(H,70,78)(H,71,75)(H,72,76)/t40-,41-,49-,53+,54+,55-,56-,57?,58+/m0/s1. The zero-order chi connectivity index (χ0) is 57.4. The number of nitrogens with zero attached hydrogens (tertiary/aromatic N) is 2. The summed E-state index contributed by atoms with van der Waals surface area (Å²) in [6.45, 7) is 10.1. The Labute approximate surface area is 477 Å². The van der Waals surface area contributed by atoms with Gasteiger partial charge in [-0.3, -0.25) is 34.1 Å². The Hall–Kier alpha value is -7.40. The molecule has 6 amide bonds. The van der Waals surface area contributed by atoms with Crippen molar-refractivity contribution in [3.63, 3.8) is 0 Å². The van der Waals surface area contributed by atoms with Gasteiger partial charge in [0.15, 0.2) is 0 Å². The van der Waals surface area contributed by atoms with Crippen LogP contribution in [-0.2, 0) is 62.8 Å². The van der Waals surface area contributed by atoms with E-state index in [1.807, 2.05) is 99.6 Å². The summed E-state index contributed by atoms with van der Waals surface area (Å²) in [5.74, 6) is -1.00. The van der Waals surface area contributed by atoms with Crippen LogP contribution in [0, 0.1) is 5.41 Å². The lowest BCUT2D eigenvalue weighted by atomic mass is 9.85. The second-order valence-electron chi connectivity index (χ2n) is 23.6. The molecule has 0 radical (unpaired) electrons. The van der Waals surface area contributed by atoms with Gasteiger partial charge in [-0.25, -0.2) is 0 Å². The van der Waals surface area contributed by atoms with Gasteiger partial charge >= 0.3 is 0 Å². The van der Waals surface area contributed by atoms with E-state index in [2.05, 4.69) is 67.5 Å². The number of fused-ring (bicyclic) bond motifs is 3. The number of ether oxygens (including phenoxy) is 1. The van der Waals surface area contributed by atoms with Crippen LogP contribution in [0.25, 0.3) is 0 Å². The van der Waals surface area contributed by atoms with Crippen molar-refractivity contribution < 1.29 is 33.5 Å². The summed E-state index contributed by atoms with van der Waals surface area (Å²) >= 11 is 0. The van der Waals surface area contributed by atoms with Crippen molar-refractivity contribution in [2.24, 2.45) is 5.41 Å². The number of benzene rings is 5. The number of carbonyl (C=O) groups excluding carboxylic acids is 6. The van der Waals surface area contributed by atoms with Crippen molar-refractivity contribution >= 4 is 35.4 Å². The van der Waals surface area contributed by atoms with E-state index in [0.29, 0.717) is 24.2 Å². The van der Waals surface area contributed by atoms with E-state index in [0.717, 1.165) is 66.3 Å². The van der Waals surface area contributed by atoms with Gasteiger partial charge < -0.3 is 46.4 Å². The molecule has 5 aromatic carbocycles. The third-order valence-corrected chi connectivity index (χ3v) is 16.9. The third-order valence-electron chi connectivity index (χ3n) is 16.9. The lowest BCUT2D eigenvalue weighted by Crippen LogP contribution is -2.60. The van der Waals surface area contributed by atoms with Crippen molar-refractivity contribution in [2.75, 3.05) is 20.6 Å². The summed E-state index contributed by atoms with van der Waals surface area (Å²) in [4.78, 5) is 88.1. The van der Waals surface area contributed by atoms with Crippen molar-refractivity contribution in [3.8, 4) is 5.75 Å². The molecule has 7 N–H and O–H groups in total. The minimum atomic E-state index is -0.966. The fourth-order valence-corrected chi connectivity index (χ4v) is 11.8. The van der Waals surface area contributed by atoms with E-state index < -0.39 is 35.6 Å². The number of carbonyl (C=O) groups is 6. The van der Waals surface area contributed by atoms with Crippen LogP contribution in [-0.4, -0.2) is 108 Å². The lowest BCUT2D eigenvalue weighted by molar-refractivity contribution is -0.145. The molecule has 5 aromatic rings. The minimum absolute atomic E-state index is 0.0319. The highest BCUT2D eigenvalue weighted by molar-refractivity contribution is 5.95. The second-order valence-corrected chi connectivity index (χ2v) is 23.6. The Morgan fingerprint density at radius 3 is 1.83 bits per heavy atom. The average molecular weight is 1100 g/mol. The molecule has 9 rings (SSSR count). The molecule has 1 saturated heterocycles. The monoisotopic (exact) mass is 1100 g/mol. The largest absolute Gasteiger partial charge is 0.489 e. The van der Waals surface area contributed by atoms with Gasteiger partial charge in [0.25, 0.3) is 5.91 Å². The topological polar surface area (TPSA) is 202 Å². The maximum atomic E-state index is 14.9. The number of hydrogen-bond acceptors (Lipinski definition) is 10. The maximum Gasteiger partial charge on any atom is 0.251 e. The van der Waals surface area contributed by atoms with Gasteiger partial charge in [0.1, 0.15) is 30.5 Å². The van der Waals surface area contributed by atoms with Gasteiger partial charge in [-0.15, -0.1) is 0 Å². The average Bonchev–Trinajstić information content (AvgIpc) is 3.93. The molecule has 0 saturated carbocycles. The van der Waals surface area contributed by atoms with E-state index in [9.17, 15) is 28.8 Å². The molecule has 16 nitrogen and oxygen atoms in total. The maximum absolute atomic E-state index is 14.9. The number of nitrogens with one attached hydrogen (secondary N) is 7. The highest BCUT2D eigenvalue weighted by Gasteiger charge is 2.45. The second kappa shape index (κ2) is 26.0. The van der Waals surface area contributed by atoms with Crippen LogP contribution >= 0.6 is 0 Å². The molecular formula is C65H81N9O7. The Morgan fingerprint density at radius 1 is 0.630 bits per heavy atom. The van der Waals surface area contributed by atoms with Crippen molar-refractivity contribution in [1.29, 1.82) is 0 Å². The summed E-state index contributed by atoms with van der Waals surface area (Å²) in [6, 6.07) is 35.1. The molecule has 1 unspecified atom stereocenters. The van der Waals surface area contributed by atoms with E-state index >= 15 is 0 Å². The van der Waals surface area contributed by atoms with Crippen LogP contribution in [0.1, 0.15) is 134 Å². The zero-order valence-corrected chi connectivity index (χ0v) is 48.0. The van der Waals surface area contributed by atoms with Gasteiger partial charge in [0.2, 0.25) is 29.5 Å². The fraction of sp³-hybridized carbons (Fsp3) is 0.446. The minimum Gasteiger partial charge on any atom is -0.489 e. The molecular weight excluding hydrogens is 1020 g/mol. The predicted octanol–water partition coefficient (Wildman–Crippen LogP) is 6.51. The van der Waals surface area contributed by atoms with E-state index in [1.54, 1.807) is 49.9 Å². The van der Waals surface area contributed by atoms with Gasteiger partial charge in [-0.2, -0.15) is 0 Å². The fourth-order valence-electron chi connectivity index (χ4n) is 11.8. The molecule has 0 bridgehead atoms. The number of amides is 6. The highest BCUT2D eigenvalue weighted by atomic mass is 16.5.